The highest BCUT2D eigenvalue weighted by molar-refractivity contribution is 6.30. The van der Waals surface area contributed by atoms with Crippen molar-refractivity contribution >= 4 is 23.4 Å². The zero-order valence-electron chi connectivity index (χ0n) is 15.1. The molecule has 2 aromatic heterocycles. The third-order valence-electron chi connectivity index (χ3n) is 3.82. The number of rotatable bonds is 8. The van der Waals surface area contributed by atoms with Gasteiger partial charge in [0.25, 0.3) is 5.91 Å². The van der Waals surface area contributed by atoms with E-state index in [4.69, 9.17) is 20.8 Å². The maximum atomic E-state index is 12.5. The van der Waals surface area contributed by atoms with Crippen molar-refractivity contribution in [1.29, 1.82) is 0 Å². The van der Waals surface area contributed by atoms with Crippen LogP contribution in [0.1, 0.15) is 10.5 Å². The van der Waals surface area contributed by atoms with Gasteiger partial charge >= 0.3 is 0 Å². The number of hydrogen-bond donors (Lipinski definition) is 2. The van der Waals surface area contributed by atoms with Crippen molar-refractivity contribution in [3.05, 3.63) is 59.4 Å². The number of amides is 2. The Morgan fingerprint density at radius 3 is 2.68 bits per heavy atom. The topological polar surface area (TPSA) is 98.4 Å². The quantitative estimate of drug-likeness (QED) is 0.563. The summed E-state index contributed by atoms with van der Waals surface area (Å²) in [4.78, 5) is 24.2. The van der Waals surface area contributed by atoms with Crippen molar-refractivity contribution < 1.29 is 18.7 Å². The van der Waals surface area contributed by atoms with Crippen molar-refractivity contribution in [1.82, 2.24) is 20.4 Å². The van der Waals surface area contributed by atoms with Crippen LogP contribution < -0.4 is 10.6 Å². The van der Waals surface area contributed by atoms with Crippen LogP contribution in [0.15, 0.2) is 53.1 Å². The Kier molecular flexibility index (Phi) is 6.46. The molecule has 2 amide bonds. The number of carbonyl (C=O) groups excluding carboxylic acids is 2. The third kappa shape index (κ3) is 4.79. The number of aromatic nitrogens is 2. The number of halogens is 1. The zero-order valence-corrected chi connectivity index (χ0v) is 15.9. The van der Waals surface area contributed by atoms with E-state index in [1.165, 1.54) is 0 Å². The third-order valence-corrected chi connectivity index (χ3v) is 4.08. The van der Waals surface area contributed by atoms with Crippen LogP contribution >= 0.6 is 11.6 Å². The summed E-state index contributed by atoms with van der Waals surface area (Å²) in [5, 5.41) is 10.1. The summed E-state index contributed by atoms with van der Waals surface area (Å²) in [5.74, 6) is -0.227. The number of furan rings is 1. The molecule has 0 aliphatic carbocycles. The lowest BCUT2D eigenvalue weighted by molar-refractivity contribution is -0.120. The van der Waals surface area contributed by atoms with E-state index in [0.29, 0.717) is 35.3 Å². The highest BCUT2D eigenvalue weighted by Crippen LogP contribution is 2.25. The monoisotopic (exact) mass is 402 g/mol. The minimum Gasteiger partial charge on any atom is -0.463 e. The molecule has 0 saturated carbocycles. The fourth-order valence-corrected chi connectivity index (χ4v) is 2.60. The first-order valence-corrected chi connectivity index (χ1v) is 8.90. The van der Waals surface area contributed by atoms with Gasteiger partial charge in [-0.3, -0.25) is 9.59 Å². The molecule has 3 aromatic rings. The molecular weight excluding hydrogens is 384 g/mol. The molecule has 0 unspecified atom stereocenters. The van der Waals surface area contributed by atoms with Gasteiger partial charge in [0.1, 0.15) is 5.69 Å². The standard InChI is InChI=1S/C19H19ClN4O4/c1-27-10-8-21-18(25)12-22-19(26)15-11-16(17-3-2-9-28-17)24(23-15)14-6-4-13(20)5-7-14/h2-7,9,11H,8,10,12H2,1H3,(H,21,25)(H,22,26). The van der Waals surface area contributed by atoms with Crippen molar-refractivity contribution in [3.8, 4) is 17.1 Å². The summed E-state index contributed by atoms with van der Waals surface area (Å²) in [6.45, 7) is 0.614. The van der Waals surface area contributed by atoms with Crippen molar-refractivity contribution in [2.45, 2.75) is 0 Å². The molecule has 3 rings (SSSR count). The lowest BCUT2D eigenvalue weighted by atomic mass is 10.2. The molecule has 146 valence electrons. The fourth-order valence-electron chi connectivity index (χ4n) is 2.48. The van der Waals surface area contributed by atoms with E-state index in [-0.39, 0.29) is 18.1 Å². The average Bonchev–Trinajstić information content (AvgIpc) is 3.36. The molecule has 8 nitrogen and oxygen atoms in total. The number of nitrogens with zero attached hydrogens (tertiary/aromatic N) is 2. The molecule has 2 heterocycles. The Balaban J connectivity index is 1.78. The van der Waals surface area contributed by atoms with Crippen LogP contribution in [0.4, 0.5) is 0 Å². The summed E-state index contributed by atoms with van der Waals surface area (Å²) in [5.41, 5.74) is 1.47. The van der Waals surface area contributed by atoms with Crippen molar-refractivity contribution in [2.24, 2.45) is 0 Å². The molecule has 0 aliphatic rings. The van der Waals surface area contributed by atoms with E-state index in [2.05, 4.69) is 15.7 Å². The second-order valence-electron chi connectivity index (χ2n) is 5.81. The van der Waals surface area contributed by atoms with Gasteiger partial charge in [-0.15, -0.1) is 0 Å². The van der Waals surface area contributed by atoms with Crippen molar-refractivity contribution in [2.75, 3.05) is 26.8 Å². The lowest BCUT2D eigenvalue weighted by Crippen LogP contribution is -2.38. The van der Waals surface area contributed by atoms with Crippen molar-refractivity contribution in [3.63, 3.8) is 0 Å². The van der Waals surface area contributed by atoms with Crippen LogP contribution in [0.5, 0.6) is 0 Å². The molecule has 0 fully saturated rings. The molecule has 0 bridgehead atoms. The van der Waals surface area contributed by atoms with E-state index in [1.807, 2.05) is 0 Å². The number of benzene rings is 1. The molecule has 0 saturated heterocycles. The number of hydrogen-bond acceptors (Lipinski definition) is 5. The van der Waals surface area contributed by atoms with Crippen LogP contribution in [0.25, 0.3) is 17.1 Å². The first kappa shape index (κ1) is 19.7. The Labute approximate surface area is 166 Å². The Hall–Kier alpha value is -3.10. The van der Waals surface area contributed by atoms with Crippen LogP contribution in [0, 0.1) is 0 Å². The number of carbonyl (C=O) groups is 2. The second kappa shape index (κ2) is 9.20. The van der Waals surface area contributed by atoms with Gasteiger partial charge in [-0.2, -0.15) is 5.10 Å². The number of ether oxygens (including phenoxy) is 1. The van der Waals surface area contributed by atoms with Crippen LogP contribution in [0.3, 0.4) is 0 Å². The lowest BCUT2D eigenvalue weighted by Gasteiger charge is -2.06. The van der Waals surface area contributed by atoms with E-state index in [0.717, 1.165) is 0 Å². The van der Waals surface area contributed by atoms with Gasteiger partial charge in [0.2, 0.25) is 5.91 Å². The van der Waals surface area contributed by atoms with Crippen LogP contribution in [0.2, 0.25) is 5.02 Å². The van der Waals surface area contributed by atoms with E-state index >= 15 is 0 Å². The Morgan fingerprint density at radius 2 is 2.00 bits per heavy atom. The summed E-state index contributed by atoms with van der Waals surface area (Å²) in [6, 6.07) is 12.2. The SMILES string of the molecule is COCCNC(=O)CNC(=O)c1cc(-c2ccco2)n(-c2ccc(Cl)cc2)n1. The molecule has 0 radical (unpaired) electrons. The maximum Gasteiger partial charge on any atom is 0.272 e. The minimum atomic E-state index is -0.470. The Bertz CT molecular complexity index is 936. The fraction of sp³-hybridized carbons (Fsp3) is 0.211. The van der Waals surface area contributed by atoms with Gasteiger partial charge in [0.15, 0.2) is 11.5 Å². The molecule has 0 aliphatic heterocycles. The highest BCUT2D eigenvalue weighted by atomic mass is 35.5. The van der Waals surface area contributed by atoms with E-state index in [1.54, 1.807) is 60.5 Å². The van der Waals surface area contributed by atoms with Gasteiger partial charge in [-0.25, -0.2) is 4.68 Å². The normalized spacial score (nSPS) is 10.6. The predicted octanol–water partition coefficient (Wildman–Crippen LogP) is 2.28. The predicted molar refractivity (Wildman–Crippen MR) is 103 cm³/mol. The van der Waals surface area contributed by atoms with E-state index < -0.39 is 5.91 Å². The van der Waals surface area contributed by atoms with Gasteiger partial charge < -0.3 is 19.8 Å². The summed E-state index contributed by atoms with van der Waals surface area (Å²) in [7, 11) is 1.54. The molecule has 9 heteroatoms. The molecule has 28 heavy (non-hydrogen) atoms. The molecular formula is C19H19ClN4O4. The van der Waals surface area contributed by atoms with Gasteiger partial charge in [-0.1, -0.05) is 11.6 Å². The van der Waals surface area contributed by atoms with Crippen LogP contribution in [-0.2, 0) is 9.53 Å². The average molecular weight is 403 g/mol. The molecule has 0 atom stereocenters. The smallest absolute Gasteiger partial charge is 0.272 e. The molecule has 2 N–H and O–H groups in total. The number of methoxy groups -OCH3 is 1. The maximum absolute atomic E-state index is 12.5. The Morgan fingerprint density at radius 1 is 1.21 bits per heavy atom. The van der Waals surface area contributed by atoms with Crippen LogP contribution in [-0.4, -0.2) is 48.4 Å². The summed E-state index contributed by atoms with van der Waals surface area (Å²) < 4.78 is 11.9. The zero-order chi connectivity index (χ0) is 19.9. The van der Waals surface area contributed by atoms with E-state index in [9.17, 15) is 9.59 Å². The molecule has 0 spiro atoms. The molecule has 1 aromatic carbocycles. The first-order valence-electron chi connectivity index (χ1n) is 8.52. The first-order chi connectivity index (χ1) is 13.6. The summed E-state index contributed by atoms with van der Waals surface area (Å²) >= 11 is 5.95. The van der Waals surface area contributed by atoms with Gasteiger partial charge in [0, 0.05) is 24.7 Å². The minimum absolute atomic E-state index is 0.158. The van der Waals surface area contributed by atoms with Gasteiger partial charge in [0.05, 0.1) is 25.1 Å². The summed E-state index contributed by atoms with van der Waals surface area (Å²) in [6.07, 6.45) is 1.54. The number of nitrogens with one attached hydrogen (secondary N) is 2. The highest BCUT2D eigenvalue weighted by Gasteiger charge is 2.18. The second-order valence-corrected chi connectivity index (χ2v) is 6.24. The van der Waals surface area contributed by atoms with Gasteiger partial charge in [-0.05, 0) is 36.4 Å². The largest absolute Gasteiger partial charge is 0.463 e.